The Morgan fingerprint density at radius 2 is 2.25 bits per heavy atom. The third kappa shape index (κ3) is 1.44. The molecular weight excluding hydrogens is 211 g/mol. The molecular formula is C11H13FN2O2. The van der Waals surface area contributed by atoms with Gasteiger partial charge in [-0.25, -0.2) is 4.39 Å². The number of hydrogen-bond donors (Lipinski definition) is 2. The fraction of sp³-hybridized carbons (Fsp3) is 0.273. The van der Waals surface area contributed by atoms with E-state index in [4.69, 9.17) is 15.2 Å². The number of nitrogen functional groups attached to an aromatic ring is 1. The first-order chi connectivity index (χ1) is 7.69. The van der Waals surface area contributed by atoms with Crippen molar-refractivity contribution in [2.45, 2.75) is 6.92 Å². The largest absolute Gasteiger partial charge is 0.490 e. The van der Waals surface area contributed by atoms with E-state index < -0.39 is 5.82 Å². The van der Waals surface area contributed by atoms with Crippen molar-refractivity contribution in [2.24, 2.45) is 0 Å². The molecule has 86 valence electrons. The Hall–Kier alpha value is -1.91. The fourth-order valence-electron chi connectivity index (χ4n) is 1.70. The molecule has 0 amide bonds. The van der Waals surface area contributed by atoms with E-state index in [0.717, 1.165) is 0 Å². The van der Waals surface area contributed by atoms with Crippen LogP contribution in [0.2, 0.25) is 0 Å². The summed E-state index contributed by atoms with van der Waals surface area (Å²) in [6, 6.07) is 1.70. The molecule has 0 aliphatic carbocycles. The van der Waals surface area contributed by atoms with Crippen molar-refractivity contribution in [2.75, 3.05) is 19.5 Å². The number of halogens is 1. The van der Waals surface area contributed by atoms with Gasteiger partial charge >= 0.3 is 0 Å². The molecule has 0 saturated heterocycles. The third-order valence-electron chi connectivity index (χ3n) is 2.37. The van der Waals surface area contributed by atoms with Crippen LogP contribution in [0.4, 0.5) is 10.2 Å². The predicted octanol–water partition coefficient (Wildman–Crippen LogP) is 2.30. The van der Waals surface area contributed by atoms with Crippen molar-refractivity contribution >= 4 is 16.6 Å². The van der Waals surface area contributed by atoms with Crippen LogP contribution in [0, 0.1) is 5.82 Å². The number of nitrogens with one attached hydrogen (secondary N) is 1. The maximum Gasteiger partial charge on any atom is 0.197 e. The van der Waals surface area contributed by atoms with Gasteiger partial charge < -0.3 is 20.2 Å². The van der Waals surface area contributed by atoms with Crippen LogP contribution < -0.4 is 15.2 Å². The zero-order chi connectivity index (χ0) is 11.7. The SMILES string of the molecule is CCOc1cc2c[nH]c(N)c2c(F)c1OC. The van der Waals surface area contributed by atoms with Crippen molar-refractivity contribution in [3.8, 4) is 11.5 Å². The zero-order valence-electron chi connectivity index (χ0n) is 9.13. The summed E-state index contributed by atoms with van der Waals surface area (Å²) < 4.78 is 24.3. The van der Waals surface area contributed by atoms with Gasteiger partial charge in [0.15, 0.2) is 17.3 Å². The number of H-pyrrole nitrogens is 1. The van der Waals surface area contributed by atoms with Gasteiger partial charge in [0.1, 0.15) is 5.82 Å². The number of methoxy groups -OCH3 is 1. The Morgan fingerprint density at radius 3 is 2.88 bits per heavy atom. The molecule has 0 spiro atoms. The van der Waals surface area contributed by atoms with E-state index in [1.54, 1.807) is 12.3 Å². The number of fused-ring (bicyclic) bond motifs is 1. The number of anilines is 1. The second kappa shape index (κ2) is 3.92. The van der Waals surface area contributed by atoms with Crippen LogP contribution in [0.25, 0.3) is 10.8 Å². The number of rotatable bonds is 3. The number of ether oxygens (including phenoxy) is 2. The van der Waals surface area contributed by atoms with Crippen molar-refractivity contribution in [1.29, 1.82) is 0 Å². The highest BCUT2D eigenvalue weighted by Gasteiger charge is 2.17. The molecule has 0 bridgehead atoms. The zero-order valence-corrected chi connectivity index (χ0v) is 9.13. The quantitative estimate of drug-likeness (QED) is 0.840. The van der Waals surface area contributed by atoms with Crippen LogP contribution in [-0.2, 0) is 0 Å². The molecule has 0 atom stereocenters. The molecule has 0 fully saturated rings. The molecule has 3 N–H and O–H groups in total. The smallest absolute Gasteiger partial charge is 0.197 e. The molecule has 1 aromatic heterocycles. The number of benzene rings is 1. The van der Waals surface area contributed by atoms with Crippen molar-refractivity contribution in [3.05, 3.63) is 18.1 Å². The van der Waals surface area contributed by atoms with E-state index in [1.807, 2.05) is 6.92 Å². The molecule has 2 rings (SSSR count). The standard InChI is InChI=1S/C11H13FN2O2/c1-3-16-7-4-6-5-14-11(13)8(6)9(12)10(7)15-2/h4-5,14H,3,13H2,1-2H3. The van der Waals surface area contributed by atoms with Gasteiger partial charge in [0.05, 0.1) is 19.1 Å². The number of hydrogen-bond acceptors (Lipinski definition) is 3. The molecule has 1 aromatic carbocycles. The molecule has 2 aromatic rings. The third-order valence-corrected chi connectivity index (χ3v) is 2.37. The van der Waals surface area contributed by atoms with Gasteiger partial charge in [-0.3, -0.25) is 0 Å². The second-order valence-corrected chi connectivity index (χ2v) is 3.32. The first-order valence-electron chi connectivity index (χ1n) is 4.94. The Kier molecular flexibility index (Phi) is 2.60. The molecule has 0 radical (unpaired) electrons. The Labute approximate surface area is 92.1 Å². The van der Waals surface area contributed by atoms with Gasteiger partial charge in [0.25, 0.3) is 0 Å². The molecule has 5 heteroatoms. The number of aromatic nitrogens is 1. The first-order valence-corrected chi connectivity index (χ1v) is 4.94. The van der Waals surface area contributed by atoms with Crippen LogP contribution in [0.15, 0.2) is 12.3 Å². The van der Waals surface area contributed by atoms with Gasteiger partial charge in [-0.15, -0.1) is 0 Å². The van der Waals surface area contributed by atoms with Gasteiger partial charge in [-0.1, -0.05) is 0 Å². The van der Waals surface area contributed by atoms with E-state index in [1.165, 1.54) is 7.11 Å². The lowest BCUT2D eigenvalue weighted by Crippen LogP contribution is -1.98. The van der Waals surface area contributed by atoms with Gasteiger partial charge in [-0.05, 0) is 13.0 Å². The fourth-order valence-corrected chi connectivity index (χ4v) is 1.70. The van der Waals surface area contributed by atoms with Gasteiger partial charge in [0.2, 0.25) is 0 Å². The topological polar surface area (TPSA) is 60.3 Å². The molecule has 0 unspecified atom stereocenters. The lowest BCUT2D eigenvalue weighted by atomic mass is 10.2. The highest BCUT2D eigenvalue weighted by atomic mass is 19.1. The van der Waals surface area contributed by atoms with Gasteiger partial charge in [0, 0.05) is 11.6 Å². The van der Waals surface area contributed by atoms with E-state index in [-0.39, 0.29) is 11.6 Å². The van der Waals surface area contributed by atoms with Crippen LogP contribution >= 0.6 is 0 Å². The Bertz CT molecular complexity index is 522. The first kappa shape index (κ1) is 10.6. The summed E-state index contributed by atoms with van der Waals surface area (Å²) in [4.78, 5) is 2.76. The van der Waals surface area contributed by atoms with Crippen molar-refractivity contribution < 1.29 is 13.9 Å². The molecule has 16 heavy (non-hydrogen) atoms. The highest BCUT2D eigenvalue weighted by Crippen LogP contribution is 2.38. The number of aromatic amines is 1. The minimum absolute atomic E-state index is 0.0839. The predicted molar refractivity (Wildman–Crippen MR) is 60.4 cm³/mol. The summed E-state index contributed by atoms with van der Waals surface area (Å²) >= 11 is 0. The summed E-state index contributed by atoms with van der Waals surface area (Å²) in [6.45, 7) is 2.27. The van der Waals surface area contributed by atoms with Crippen LogP contribution in [-0.4, -0.2) is 18.7 Å². The monoisotopic (exact) mass is 224 g/mol. The Morgan fingerprint density at radius 1 is 1.50 bits per heavy atom. The highest BCUT2D eigenvalue weighted by molar-refractivity contribution is 5.95. The summed E-state index contributed by atoms with van der Waals surface area (Å²) in [7, 11) is 1.40. The van der Waals surface area contributed by atoms with E-state index >= 15 is 0 Å². The molecule has 4 nitrogen and oxygen atoms in total. The summed E-state index contributed by atoms with van der Waals surface area (Å²) in [5, 5.41) is 1.000. The van der Waals surface area contributed by atoms with E-state index in [9.17, 15) is 4.39 Å². The van der Waals surface area contributed by atoms with Crippen LogP contribution in [0.3, 0.4) is 0 Å². The maximum atomic E-state index is 14.0. The average molecular weight is 224 g/mol. The van der Waals surface area contributed by atoms with Gasteiger partial charge in [-0.2, -0.15) is 0 Å². The van der Waals surface area contributed by atoms with E-state index in [0.29, 0.717) is 23.1 Å². The molecule has 0 aliphatic rings. The maximum absolute atomic E-state index is 14.0. The minimum Gasteiger partial charge on any atom is -0.490 e. The van der Waals surface area contributed by atoms with Crippen molar-refractivity contribution in [3.63, 3.8) is 0 Å². The summed E-state index contributed by atoms with van der Waals surface area (Å²) in [5.74, 6) is 0.255. The van der Waals surface area contributed by atoms with Crippen LogP contribution in [0.1, 0.15) is 6.92 Å². The molecule has 1 heterocycles. The average Bonchev–Trinajstić information content (AvgIpc) is 2.61. The molecule has 0 aliphatic heterocycles. The second-order valence-electron chi connectivity index (χ2n) is 3.32. The lowest BCUT2D eigenvalue weighted by molar-refractivity contribution is 0.303. The van der Waals surface area contributed by atoms with Crippen molar-refractivity contribution in [1.82, 2.24) is 4.98 Å². The van der Waals surface area contributed by atoms with Crippen LogP contribution in [0.5, 0.6) is 11.5 Å². The lowest BCUT2D eigenvalue weighted by Gasteiger charge is -2.10. The Balaban J connectivity index is 2.73. The van der Waals surface area contributed by atoms with E-state index in [2.05, 4.69) is 4.98 Å². The minimum atomic E-state index is -0.498. The number of nitrogens with two attached hydrogens (primary N) is 1. The summed E-state index contributed by atoms with van der Waals surface area (Å²) in [6.07, 6.45) is 1.63. The molecule has 0 saturated carbocycles. The summed E-state index contributed by atoms with van der Waals surface area (Å²) in [5.41, 5.74) is 5.63. The normalized spacial score (nSPS) is 10.7.